The van der Waals surface area contributed by atoms with Crippen LogP contribution in [0.1, 0.15) is 35.4 Å². The molecule has 7 nitrogen and oxygen atoms in total. The lowest BCUT2D eigenvalue weighted by molar-refractivity contribution is -0.0192. The summed E-state index contributed by atoms with van der Waals surface area (Å²) in [7, 11) is 6.47. The third kappa shape index (κ3) is 3.59. The quantitative estimate of drug-likeness (QED) is 0.533. The van der Waals surface area contributed by atoms with E-state index in [2.05, 4.69) is 6.07 Å². The van der Waals surface area contributed by atoms with Crippen LogP contribution < -0.4 is 23.7 Å². The highest BCUT2D eigenvalue weighted by molar-refractivity contribution is 6.02. The van der Waals surface area contributed by atoms with E-state index in [0.29, 0.717) is 17.2 Å². The van der Waals surface area contributed by atoms with Gasteiger partial charge in [0.25, 0.3) is 0 Å². The van der Waals surface area contributed by atoms with Crippen LogP contribution in [0.25, 0.3) is 0 Å². The van der Waals surface area contributed by atoms with Gasteiger partial charge in [-0.25, -0.2) is 5.01 Å². The Morgan fingerprint density at radius 1 is 0.848 bits per heavy atom. The highest BCUT2D eigenvalue weighted by Crippen LogP contribution is 2.49. The van der Waals surface area contributed by atoms with Gasteiger partial charge in [0, 0.05) is 17.5 Å². The molecule has 0 aromatic heterocycles. The number of fused-ring (bicyclic) bond motifs is 3. The molecule has 0 N–H and O–H groups in total. The van der Waals surface area contributed by atoms with Gasteiger partial charge in [-0.1, -0.05) is 18.2 Å². The number of rotatable bonds is 6. The van der Waals surface area contributed by atoms with Crippen molar-refractivity contribution in [3.05, 3.63) is 77.4 Å². The lowest BCUT2D eigenvalue weighted by Gasteiger charge is -2.38. The van der Waals surface area contributed by atoms with Crippen molar-refractivity contribution in [3.8, 4) is 28.7 Å². The molecule has 5 rings (SSSR count). The van der Waals surface area contributed by atoms with Gasteiger partial charge in [0.05, 0.1) is 40.2 Å². The number of benzene rings is 3. The molecule has 3 aromatic carbocycles. The Morgan fingerprint density at radius 3 is 2.18 bits per heavy atom. The number of hydrogen-bond acceptors (Lipinski definition) is 7. The van der Waals surface area contributed by atoms with Crippen molar-refractivity contribution in [2.75, 3.05) is 28.4 Å². The topological polar surface area (TPSA) is 61.8 Å². The predicted octanol–water partition coefficient (Wildman–Crippen LogP) is 4.96. The summed E-state index contributed by atoms with van der Waals surface area (Å²) in [6, 6.07) is 20.0. The minimum absolute atomic E-state index is 0.0520. The minimum Gasteiger partial charge on any atom is -0.497 e. The molecule has 2 aliphatic rings. The summed E-state index contributed by atoms with van der Waals surface area (Å²) in [4.78, 5) is 0. The highest BCUT2D eigenvalue weighted by atomic mass is 16.5. The number of nitrogens with zero attached hydrogens (tertiary/aromatic N) is 2. The van der Waals surface area contributed by atoms with Crippen molar-refractivity contribution in [1.29, 1.82) is 0 Å². The van der Waals surface area contributed by atoms with Gasteiger partial charge in [-0.15, -0.1) is 0 Å². The Hall–Kier alpha value is -3.87. The standard InChI is InChI=1S/C26H26N2O5/c1-29-18-11-9-16(10-12-18)20-15-21-19-7-5-6-8-22(19)33-26(28(21)27-20)17-13-23(30-2)25(32-4)24(14-17)31-3/h5-14,21,26H,15H2,1-4H3/t21-,26+/m0/s1. The first kappa shape index (κ1) is 21.0. The average Bonchev–Trinajstić information content (AvgIpc) is 3.33. The van der Waals surface area contributed by atoms with E-state index in [1.165, 1.54) is 0 Å². The maximum atomic E-state index is 6.47. The Kier molecular flexibility index (Phi) is 5.46. The van der Waals surface area contributed by atoms with E-state index < -0.39 is 6.23 Å². The van der Waals surface area contributed by atoms with Crippen molar-refractivity contribution in [1.82, 2.24) is 5.01 Å². The van der Waals surface area contributed by atoms with E-state index in [-0.39, 0.29) is 6.04 Å². The number of methoxy groups -OCH3 is 4. The van der Waals surface area contributed by atoms with Crippen molar-refractivity contribution < 1.29 is 23.7 Å². The molecule has 0 amide bonds. The maximum Gasteiger partial charge on any atom is 0.214 e. The minimum atomic E-state index is -0.450. The highest BCUT2D eigenvalue weighted by Gasteiger charge is 2.41. The van der Waals surface area contributed by atoms with Crippen molar-refractivity contribution in [2.45, 2.75) is 18.7 Å². The molecule has 2 heterocycles. The SMILES string of the molecule is COc1ccc(C2=NN3[C@@H](c4cc(OC)c(OC)c(OC)c4)Oc4ccccc4[C@@H]3C2)cc1. The third-order valence-corrected chi connectivity index (χ3v) is 6.09. The van der Waals surface area contributed by atoms with Crippen molar-refractivity contribution >= 4 is 5.71 Å². The molecule has 0 unspecified atom stereocenters. The van der Waals surface area contributed by atoms with Crippen LogP contribution in [0.4, 0.5) is 0 Å². The molecule has 33 heavy (non-hydrogen) atoms. The smallest absolute Gasteiger partial charge is 0.214 e. The molecule has 170 valence electrons. The van der Waals surface area contributed by atoms with E-state index in [1.54, 1.807) is 28.4 Å². The van der Waals surface area contributed by atoms with Crippen LogP contribution in [0.15, 0.2) is 65.8 Å². The summed E-state index contributed by atoms with van der Waals surface area (Å²) in [6.45, 7) is 0. The zero-order chi connectivity index (χ0) is 22.9. The normalized spacial score (nSPS) is 18.5. The van der Waals surface area contributed by atoms with Gasteiger partial charge in [-0.05, 0) is 48.0 Å². The predicted molar refractivity (Wildman–Crippen MR) is 125 cm³/mol. The monoisotopic (exact) mass is 446 g/mol. The molecule has 0 bridgehead atoms. The largest absolute Gasteiger partial charge is 0.497 e. The first-order chi connectivity index (χ1) is 16.2. The van der Waals surface area contributed by atoms with E-state index in [4.69, 9.17) is 28.8 Å². The molecule has 0 spiro atoms. The van der Waals surface area contributed by atoms with Crippen LogP contribution in [0.5, 0.6) is 28.7 Å². The van der Waals surface area contributed by atoms with Gasteiger partial charge in [0.1, 0.15) is 11.5 Å². The summed E-state index contributed by atoms with van der Waals surface area (Å²) in [5.41, 5.74) is 4.05. The molecule has 0 aliphatic carbocycles. The molecule has 0 fully saturated rings. The lowest BCUT2D eigenvalue weighted by Crippen LogP contribution is -2.33. The van der Waals surface area contributed by atoms with Gasteiger partial charge >= 0.3 is 0 Å². The van der Waals surface area contributed by atoms with Gasteiger partial charge in [0.2, 0.25) is 12.0 Å². The fraction of sp³-hybridized carbons (Fsp3) is 0.269. The van der Waals surface area contributed by atoms with Gasteiger partial charge in [0.15, 0.2) is 11.5 Å². The first-order valence-corrected chi connectivity index (χ1v) is 10.7. The van der Waals surface area contributed by atoms with Crippen molar-refractivity contribution in [3.63, 3.8) is 0 Å². The second kappa shape index (κ2) is 8.58. The van der Waals surface area contributed by atoms with E-state index in [1.807, 2.05) is 59.6 Å². The molecular formula is C26H26N2O5. The molecule has 0 radical (unpaired) electrons. The fourth-order valence-electron chi connectivity index (χ4n) is 4.46. The van der Waals surface area contributed by atoms with Crippen LogP contribution in [-0.2, 0) is 0 Å². The zero-order valence-electron chi connectivity index (χ0n) is 19.1. The van der Waals surface area contributed by atoms with Crippen molar-refractivity contribution in [2.24, 2.45) is 5.10 Å². The summed E-state index contributed by atoms with van der Waals surface area (Å²) in [5.74, 6) is 3.36. The summed E-state index contributed by atoms with van der Waals surface area (Å²) in [5, 5.41) is 7.05. The molecule has 2 aliphatic heterocycles. The molecule has 0 saturated heterocycles. The van der Waals surface area contributed by atoms with E-state index in [9.17, 15) is 0 Å². The Morgan fingerprint density at radius 2 is 1.55 bits per heavy atom. The maximum absolute atomic E-state index is 6.47. The van der Waals surface area contributed by atoms with Crippen LogP contribution in [0.3, 0.4) is 0 Å². The van der Waals surface area contributed by atoms with Gasteiger partial charge in [-0.3, -0.25) is 0 Å². The second-order valence-corrected chi connectivity index (χ2v) is 7.84. The Balaban J connectivity index is 1.60. The Labute approximate surface area is 193 Å². The molecule has 3 aromatic rings. The van der Waals surface area contributed by atoms with Crippen LogP contribution in [0, 0.1) is 0 Å². The molecule has 7 heteroatoms. The molecule has 0 saturated carbocycles. The summed E-state index contributed by atoms with van der Waals surface area (Å²) >= 11 is 0. The fourth-order valence-corrected chi connectivity index (χ4v) is 4.46. The van der Waals surface area contributed by atoms with E-state index in [0.717, 1.165) is 40.3 Å². The number of para-hydroxylation sites is 1. The Bertz CT molecular complexity index is 1170. The molecule has 2 atom stereocenters. The zero-order valence-corrected chi connectivity index (χ0v) is 19.1. The van der Waals surface area contributed by atoms with Crippen LogP contribution >= 0.6 is 0 Å². The first-order valence-electron chi connectivity index (χ1n) is 10.7. The summed E-state index contributed by atoms with van der Waals surface area (Å²) < 4.78 is 28.4. The molecular weight excluding hydrogens is 420 g/mol. The number of ether oxygens (including phenoxy) is 5. The second-order valence-electron chi connectivity index (χ2n) is 7.84. The number of hydrogen-bond donors (Lipinski definition) is 0. The summed E-state index contributed by atoms with van der Waals surface area (Å²) in [6.07, 6.45) is 0.322. The van der Waals surface area contributed by atoms with Gasteiger partial charge < -0.3 is 23.7 Å². The van der Waals surface area contributed by atoms with E-state index >= 15 is 0 Å². The average molecular weight is 447 g/mol. The lowest BCUT2D eigenvalue weighted by atomic mass is 9.96. The van der Waals surface area contributed by atoms with Gasteiger partial charge in [-0.2, -0.15) is 5.10 Å². The van der Waals surface area contributed by atoms with Crippen LogP contribution in [0.2, 0.25) is 0 Å². The third-order valence-electron chi connectivity index (χ3n) is 6.09. The van der Waals surface area contributed by atoms with Crippen LogP contribution in [-0.4, -0.2) is 39.2 Å². The number of hydrazone groups is 1.